The second kappa shape index (κ2) is 3.34. The van der Waals surface area contributed by atoms with Gasteiger partial charge in [0, 0.05) is 0 Å². The van der Waals surface area contributed by atoms with Gasteiger partial charge in [-0.25, -0.2) is 9.59 Å². The lowest BCUT2D eigenvalue weighted by molar-refractivity contribution is -0.143. The second-order valence-electron chi connectivity index (χ2n) is 1.65. The molecule has 0 bridgehead atoms. The zero-order valence-electron chi connectivity index (χ0n) is 5.55. The van der Waals surface area contributed by atoms with E-state index in [2.05, 4.69) is 9.73 Å². The number of hydrogen-bond acceptors (Lipinski definition) is 4. The number of halogens is 1. The molecule has 0 saturated heterocycles. The molecule has 0 aromatic heterocycles. The number of aliphatic imine (C=N–C) groups is 1. The van der Waals surface area contributed by atoms with Crippen LogP contribution in [0.5, 0.6) is 0 Å². The van der Waals surface area contributed by atoms with E-state index in [0.717, 1.165) is 7.11 Å². The van der Waals surface area contributed by atoms with Crippen LogP contribution in [0.3, 0.4) is 0 Å². The van der Waals surface area contributed by atoms with Gasteiger partial charge in [-0.15, -0.1) is 0 Å². The molecule has 1 atom stereocenters. The standard InChI is InChI=1S/C5H6ClNO3/c1-5(6,7-3-8)4(9)10-2/h1-2H3. The van der Waals surface area contributed by atoms with Crippen LogP contribution in [0.4, 0.5) is 0 Å². The van der Waals surface area contributed by atoms with Gasteiger partial charge in [-0.1, -0.05) is 11.6 Å². The minimum Gasteiger partial charge on any atom is -0.466 e. The molecular formula is C5H6ClNO3. The Labute approximate surface area is 62.8 Å². The molecule has 0 saturated carbocycles. The van der Waals surface area contributed by atoms with Gasteiger partial charge in [0.15, 0.2) is 0 Å². The molecule has 0 aliphatic rings. The fraction of sp³-hybridized carbons (Fsp3) is 0.600. The van der Waals surface area contributed by atoms with E-state index in [1.807, 2.05) is 0 Å². The van der Waals surface area contributed by atoms with Crippen LogP contribution in [0, 0.1) is 0 Å². The number of carbonyl (C=O) groups is 1. The maximum absolute atomic E-state index is 10.6. The van der Waals surface area contributed by atoms with E-state index in [4.69, 9.17) is 11.6 Å². The van der Waals surface area contributed by atoms with Crippen LogP contribution in [0.1, 0.15) is 6.92 Å². The van der Waals surface area contributed by atoms with Crippen molar-refractivity contribution in [1.82, 2.24) is 0 Å². The van der Waals surface area contributed by atoms with E-state index in [0.29, 0.717) is 0 Å². The molecule has 0 spiro atoms. The van der Waals surface area contributed by atoms with Gasteiger partial charge in [0.1, 0.15) is 0 Å². The van der Waals surface area contributed by atoms with Crippen LogP contribution >= 0.6 is 11.6 Å². The molecule has 0 aromatic carbocycles. The van der Waals surface area contributed by atoms with Crippen LogP contribution in [0.2, 0.25) is 0 Å². The summed E-state index contributed by atoms with van der Waals surface area (Å²) in [6.07, 6.45) is 1.17. The first-order valence-electron chi connectivity index (χ1n) is 2.41. The SMILES string of the molecule is COC(=O)C(C)(Cl)N=C=O. The van der Waals surface area contributed by atoms with Gasteiger partial charge in [0.25, 0.3) is 0 Å². The molecule has 1 unspecified atom stereocenters. The quantitative estimate of drug-likeness (QED) is 0.195. The number of carbonyl (C=O) groups excluding carboxylic acids is 2. The Balaban J connectivity index is 4.38. The summed E-state index contributed by atoms with van der Waals surface area (Å²) in [6, 6.07) is 0. The average molecular weight is 164 g/mol. The summed E-state index contributed by atoms with van der Waals surface area (Å²) in [6.45, 7) is 1.24. The van der Waals surface area contributed by atoms with Gasteiger partial charge in [0.05, 0.1) is 7.11 Å². The van der Waals surface area contributed by atoms with Crippen LogP contribution < -0.4 is 0 Å². The molecule has 5 heteroatoms. The molecule has 4 nitrogen and oxygen atoms in total. The third-order valence-electron chi connectivity index (χ3n) is 0.814. The van der Waals surface area contributed by atoms with E-state index in [1.165, 1.54) is 13.0 Å². The number of hydrogen-bond donors (Lipinski definition) is 0. The highest BCUT2D eigenvalue weighted by molar-refractivity contribution is 6.33. The number of alkyl halides is 1. The summed E-state index contributed by atoms with van der Waals surface area (Å²) in [7, 11) is 1.16. The Morgan fingerprint density at radius 3 is 2.60 bits per heavy atom. The minimum absolute atomic E-state index is 0.780. The van der Waals surface area contributed by atoms with E-state index >= 15 is 0 Å². The van der Waals surface area contributed by atoms with Crippen molar-refractivity contribution in [3.8, 4) is 0 Å². The summed E-state index contributed by atoms with van der Waals surface area (Å²) >= 11 is 5.38. The third kappa shape index (κ3) is 2.17. The van der Waals surface area contributed by atoms with Crippen molar-refractivity contribution in [3.63, 3.8) is 0 Å². The monoisotopic (exact) mass is 163 g/mol. The Morgan fingerprint density at radius 2 is 2.30 bits per heavy atom. The minimum atomic E-state index is -1.63. The van der Waals surface area contributed by atoms with Crippen LogP contribution in [0.25, 0.3) is 0 Å². The Morgan fingerprint density at radius 1 is 1.80 bits per heavy atom. The Bertz CT molecular complexity index is 183. The van der Waals surface area contributed by atoms with Gasteiger partial charge in [-0.05, 0) is 6.92 Å². The molecule has 0 rings (SSSR count). The zero-order chi connectivity index (χ0) is 8.20. The predicted molar refractivity (Wildman–Crippen MR) is 34.4 cm³/mol. The lowest BCUT2D eigenvalue weighted by atomic mass is 10.3. The lowest BCUT2D eigenvalue weighted by Gasteiger charge is -2.09. The predicted octanol–water partition coefficient (Wildman–Crippen LogP) is 0.450. The third-order valence-corrected chi connectivity index (χ3v) is 1.05. The van der Waals surface area contributed by atoms with Crippen molar-refractivity contribution >= 4 is 23.7 Å². The Hall–Kier alpha value is -0.860. The molecule has 0 aliphatic carbocycles. The van der Waals surface area contributed by atoms with Gasteiger partial charge in [-0.2, -0.15) is 4.99 Å². The lowest BCUT2D eigenvalue weighted by Crippen LogP contribution is -2.27. The van der Waals surface area contributed by atoms with Crippen LogP contribution in [0.15, 0.2) is 4.99 Å². The molecule has 0 radical (unpaired) electrons. The highest BCUT2D eigenvalue weighted by Crippen LogP contribution is 2.16. The number of isocyanates is 1. The van der Waals surface area contributed by atoms with Crippen molar-refractivity contribution in [1.29, 1.82) is 0 Å². The number of methoxy groups -OCH3 is 1. The number of nitrogens with zero attached hydrogens (tertiary/aromatic N) is 1. The summed E-state index contributed by atoms with van der Waals surface area (Å²) in [5.41, 5.74) is 0. The highest BCUT2D eigenvalue weighted by Gasteiger charge is 2.30. The van der Waals surface area contributed by atoms with Crippen molar-refractivity contribution < 1.29 is 14.3 Å². The van der Waals surface area contributed by atoms with Gasteiger partial charge < -0.3 is 4.74 Å². The number of rotatable bonds is 2. The fourth-order valence-corrected chi connectivity index (χ4v) is 0.429. The maximum Gasteiger partial charge on any atom is 0.349 e. The molecular weight excluding hydrogens is 158 g/mol. The van der Waals surface area contributed by atoms with E-state index in [9.17, 15) is 9.59 Å². The second-order valence-corrected chi connectivity index (χ2v) is 2.38. The first-order chi connectivity index (χ1) is 4.54. The molecule has 10 heavy (non-hydrogen) atoms. The Kier molecular flexibility index (Phi) is 3.06. The van der Waals surface area contributed by atoms with Crippen molar-refractivity contribution in [2.24, 2.45) is 4.99 Å². The van der Waals surface area contributed by atoms with E-state index < -0.39 is 11.0 Å². The normalized spacial score (nSPS) is 14.7. The topological polar surface area (TPSA) is 55.7 Å². The maximum atomic E-state index is 10.6. The zero-order valence-corrected chi connectivity index (χ0v) is 6.31. The summed E-state index contributed by atoms with van der Waals surface area (Å²) in [5.74, 6) is -0.780. The molecule has 0 fully saturated rings. The summed E-state index contributed by atoms with van der Waals surface area (Å²) in [5, 5.41) is 0. The molecule has 56 valence electrons. The fourth-order valence-electron chi connectivity index (χ4n) is 0.318. The van der Waals surface area contributed by atoms with Crippen LogP contribution in [-0.4, -0.2) is 24.2 Å². The molecule has 0 aliphatic heterocycles. The van der Waals surface area contributed by atoms with Gasteiger partial charge >= 0.3 is 5.97 Å². The van der Waals surface area contributed by atoms with E-state index in [1.54, 1.807) is 0 Å². The number of ether oxygens (including phenoxy) is 1. The molecule has 0 amide bonds. The average Bonchev–Trinajstić information content (AvgIpc) is 1.86. The van der Waals surface area contributed by atoms with Gasteiger partial charge in [0.2, 0.25) is 11.1 Å². The highest BCUT2D eigenvalue weighted by atomic mass is 35.5. The molecule has 0 aromatic rings. The first kappa shape index (κ1) is 9.14. The van der Waals surface area contributed by atoms with Gasteiger partial charge in [-0.3, -0.25) is 0 Å². The van der Waals surface area contributed by atoms with Crippen LogP contribution in [-0.2, 0) is 14.3 Å². The van der Waals surface area contributed by atoms with E-state index in [-0.39, 0.29) is 0 Å². The molecule has 0 heterocycles. The number of esters is 1. The van der Waals surface area contributed by atoms with Crippen molar-refractivity contribution in [2.45, 2.75) is 11.9 Å². The summed E-state index contributed by atoms with van der Waals surface area (Å²) < 4.78 is 4.22. The molecule has 0 N–H and O–H groups in total. The van der Waals surface area contributed by atoms with Crippen molar-refractivity contribution in [2.75, 3.05) is 7.11 Å². The largest absolute Gasteiger partial charge is 0.466 e. The van der Waals surface area contributed by atoms with Crippen molar-refractivity contribution in [3.05, 3.63) is 0 Å². The smallest absolute Gasteiger partial charge is 0.349 e. The summed E-state index contributed by atoms with van der Waals surface area (Å²) in [4.78, 5) is 21.6. The first-order valence-corrected chi connectivity index (χ1v) is 2.78.